The van der Waals surface area contributed by atoms with E-state index in [1.165, 1.54) is 22.9 Å². The van der Waals surface area contributed by atoms with Crippen molar-refractivity contribution < 1.29 is 4.79 Å². The number of rotatable bonds is 4. The van der Waals surface area contributed by atoms with Crippen LogP contribution in [0.2, 0.25) is 0 Å². The largest absolute Gasteiger partial charge is 0.342 e. The van der Waals surface area contributed by atoms with E-state index in [0.29, 0.717) is 22.7 Å². The van der Waals surface area contributed by atoms with Gasteiger partial charge in [0.2, 0.25) is 11.1 Å². The second-order valence-corrected chi connectivity index (χ2v) is 7.92. The summed E-state index contributed by atoms with van der Waals surface area (Å²) in [5, 5.41) is 8.81. The van der Waals surface area contributed by atoms with Crippen LogP contribution in [0.1, 0.15) is 19.8 Å². The Morgan fingerprint density at radius 1 is 1.46 bits per heavy atom. The van der Waals surface area contributed by atoms with E-state index in [4.69, 9.17) is 5.84 Å². The smallest absolute Gasteiger partial charge is 0.233 e. The molecule has 2 N–H and O–H groups in total. The number of likely N-dealkylation sites (tertiary alicyclic amines) is 1. The van der Waals surface area contributed by atoms with E-state index in [1.807, 2.05) is 29.2 Å². The Balaban J connectivity index is 1.65. The average Bonchev–Trinajstić information content (AvgIpc) is 2.93. The van der Waals surface area contributed by atoms with Crippen LogP contribution in [0.15, 0.2) is 33.9 Å². The average molecular weight is 410 g/mol. The van der Waals surface area contributed by atoms with E-state index < -0.39 is 0 Å². The van der Waals surface area contributed by atoms with Crippen LogP contribution in [0.3, 0.4) is 0 Å². The third-order valence-corrected chi connectivity index (χ3v) is 5.50. The third kappa shape index (κ3) is 3.92. The van der Waals surface area contributed by atoms with E-state index >= 15 is 0 Å². The first kappa shape index (κ1) is 17.3. The molecule has 0 radical (unpaired) electrons. The molecular weight excluding hydrogens is 390 g/mol. The van der Waals surface area contributed by atoms with Crippen molar-refractivity contribution in [2.24, 2.45) is 5.92 Å². The molecule has 1 aliphatic rings. The van der Waals surface area contributed by atoms with E-state index in [-0.39, 0.29) is 5.91 Å². The summed E-state index contributed by atoms with van der Waals surface area (Å²) in [4.78, 5) is 14.3. The quantitative estimate of drug-likeness (QED) is 0.620. The number of hydrogen-bond donors (Lipinski definition) is 1. The highest BCUT2D eigenvalue weighted by molar-refractivity contribution is 9.10. The molecule has 1 aromatic heterocycles. The number of hydrogen-bond acceptors (Lipinski definition) is 5. The maximum absolute atomic E-state index is 12.4. The van der Waals surface area contributed by atoms with Gasteiger partial charge in [-0.25, -0.2) is 4.68 Å². The molecule has 3 rings (SSSR count). The number of amides is 1. The van der Waals surface area contributed by atoms with Gasteiger partial charge >= 0.3 is 0 Å². The highest BCUT2D eigenvalue weighted by atomic mass is 79.9. The molecule has 0 unspecified atom stereocenters. The highest BCUT2D eigenvalue weighted by Crippen LogP contribution is 2.24. The Morgan fingerprint density at radius 2 is 2.29 bits per heavy atom. The fourth-order valence-electron chi connectivity index (χ4n) is 2.83. The molecule has 8 heteroatoms. The molecule has 1 atom stereocenters. The van der Waals surface area contributed by atoms with Crippen LogP contribution in [-0.4, -0.2) is 44.5 Å². The number of thioether (sulfide) groups is 1. The van der Waals surface area contributed by atoms with Gasteiger partial charge in [-0.2, -0.15) is 0 Å². The second-order valence-electron chi connectivity index (χ2n) is 6.06. The van der Waals surface area contributed by atoms with Crippen molar-refractivity contribution in [3.8, 4) is 11.4 Å². The van der Waals surface area contributed by atoms with Crippen molar-refractivity contribution in [3.05, 3.63) is 28.7 Å². The molecule has 0 aliphatic carbocycles. The van der Waals surface area contributed by atoms with Crippen LogP contribution < -0.4 is 5.84 Å². The number of halogens is 1. The summed E-state index contributed by atoms with van der Waals surface area (Å²) in [5.74, 6) is 7.73. The zero-order valence-electron chi connectivity index (χ0n) is 13.5. The normalized spacial score (nSPS) is 17.9. The lowest BCUT2D eigenvalue weighted by Gasteiger charge is -2.30. The predicted octanol–water partition coefficient (Wildman–Crippen LogP) is 2.77. The summed E-state index contributed by atoms with van der Waals surface area (Å²) in [6.45, 7) is 3.88. The molecule has 1 fully saturated rings. The zero-order valence-corrected chi connectivity index (χ0v) is 15.9. The monoisotopic (exact) mass is 409 g/mol. The molecule has 128 valence electrons. The number of nitrogens with two attached hydrogens (primary N) is 1. The van der Waals surface area contributed by atoms with Crippen molar-refractivity contribution in [3.63, 3.8) is 0 Å². The van der Waals surface area contributed by atoms with Gasteiger partial charge in [-0.1, -0.05) is 46.7 Å². The number of piperidine rings is 1. The summed E-state index contributed by atoms with van der Waals surface area (Å²) in [6, 6.07) is 7.71. The van der Waals surface area contributed by atoms with Crippen molar-refractivity contribution in [2.75, 3.05) is 24.7 Å². The molecule has 1 amide bonds. The number of carbonyl (C=O) groups is 1. The lowest BCUT2D eigenvalue weighted by molar-refractivity contribution is -0.130. The van der Waals surface area contributed by atoms with Gasteiger partial charge in [-0.3, -0.25) is 4.79 Å². The van der Waals surface area contributed by atoms with E-state index in [0.717, 1.165) is 29.5 Å². The number of aromatic nitrogens is 3. The maximum atomic E-state index is 12.4. The fraction of sp³-hybridized carbons (Fsp3) is 0.438. The molecule has 2 heterocycles. The minimum Gasteiger partial charge on any atom is -0.342 e. The number of carbonyl (C=O) groups excluding carboxylic acids is 1. The molecule has 0 spiro atoms. The number of nitrogens with zero attached hydrogens (tertiary/aromatic N) is 4. The summed E-state index contributed by atoms with van der Waals surface area (Å²) in [5.41, 5.74) is 0.877. The van der Waals surface area contributed by atoms with Gasteiger partial charge in [0.25, 0.3) is 0 Å². The Morgan fingerprint density at radius 3 is 3.04 bits per heavy atom. The van der Waals surface area contributed by atoms with Crippen molar-refractivity contribution in [1.82, 2.24) is 19.8 Å². The van der Waals surface area contributed by atoms with E-state index in [9.17, 15) is 4.79 Å². The van der Waals surface area contributed by atoms with E-state index in [2.05, 4.69) is 33.1 Å². The van der Waals surface area contributed by atoms with Gasteiger partial charge < -0.3 is 10.7 Å². The molecule has 6 nitrogen and oxygen atoms in total. The number of benzene rings is 1. The SMILES string of the molecule is C[C@H]1CCCN(C(=O)CSc2nnc(-c3cccc(Br)c3)n2N)C1. The first-order chi connectivity index (χ1) is 11.5. The summed E-state index contributed by atoms with van der Waals surface area (Å²) < 4.78 is 2.39. The van der Waals surface area contributed by atoms with Crippen molar-refractivity contribution >= 4 is 33.6 Å². The van der Waals surface area contributed by atoms with Crippen LogP contribution in [0, 0.1) is 5.92 Å². The molecule has 1 aromatic carbocycles. The van der Waals surface area contributed by atoms with Gasteiger partial charge in [-0.15, -0.1) is 10.2 Å². The minimum absolute atomic E-state index is 0.138. The lowest BCUT2D eigenvalue weighted by atomic mass is 10.0. The Kier molecular flexibility index (Phi) is 5.45. The summed E-state index contributed by atoms with van der Waals surface area (Å²) in [6.07, 6.45) is 2.28. The first-order valence-electron chi connectivity index (χ1n) is 7.91. The highest BCUT2D eigenvalue weighted by Gasteiger charge is 2.22. The predicted molar refractivity (Wildman–Crippen MR) is 99.0 cm³/mol. The summed E-state index contributed by atoms with van der Waals surface area (Å²) >= 11 is 4.77. The topological polar surface area (TPSA) is 77.0 Å². The zero-order chi connectivity index (χ0) is 17.1. The van der Waals surface area contributed by atoms with Gasteiger partial charge in [0.15, 0.2) is 5.82 Å². The molecule has 1 aliphatic heterocycles. The Bertz CT molecular complexity index is 735. The molecular formula is C16H20BrN5OS. The van der Waals surface area contributed by atoms with Crippen molar-refractivity contribution in [2.45, 2.75) is 24.9 Å². The summed E-state index contributed by atoms with van der Waals surface area (Å²) in [7, 11) is 0. The van der Waals surface area contributed by atoms with Crippen LogP contribution in [-0.2, 0) is 4.79 Å². The number of nitrogen functional groups attached to an aromatic ring is 1. The minimum atomic E-state index is 0.138. The van der Waals surface area contributed by atoms with Gasteiger partial charge in [0.05, 0.1) is 5.75 Å². The van der Waals surface area contributed by atoms with Crippen molar-refractivity contribution in [1.29, 1.82) is 0 Å². The van der Waals surface area contributed by atoms with Crippen LogP contribution >= 0.6 is 27.7 Å². The van der Waals surface area contributed by atoms with Gasteiger partial charge in [0, 0.05) is 23.1 Å². The Labute approximate surface area is 153 Å². The van der Waals surface area contributed by atoms with Crippen LogP contribution in [0.4, 0.5) is 0 Å². The van der Waals surface area contributed by atoms with Crippen LogP contribution in [0.5, 0.6) is 0 Å². The Hall–Kier alpha value is -1.54. The molecule has 0 bridgehead atoms. The standard InChI is InChI=1S/C16H20BrN5OS/c1-11-4-3-7-21(9-11)14(23)10-24-16-20-19-15(22(16)18)12-5-2-6-13(17)8-12/h2,5-6,8,11H,3-4,7,9-10,18H2,1H3/t11-/m0/s1. The van der Waals surface area contributed by atoms with Crippen LogP contribution in [0.25, 0.3) is 11.4 Å². The molecule has 1 saturated heterocycles. The van der Waals surface area contributed by atoms with Gasteiger partial charge in [0.1, 0.15) is 0 Å². The second kappa shape index (κ2) is 7.57. The third-order valence-electron chi connectivity index (χ3n) is 4.08. The maximum Gasteiger partial charge on any atom is 0.233 e. The fourth-order valence-corrected chi connectivity index (χ4v) is 3.99. The first-order valence-corrected chi connectivity index (χ1v) is 9.69. The van der Waals surface area contributed by atoms with E-state index in [1.54, 1.807) is 0 Å². The molecule has 0 saturated carbocycles. The molecule has 2 aromatic rings. The lowest BCUT2D eigenvalue weighted by Crippen LogP contribution is -2.40. The molecule has 24 heavy (non-hydrogen) atoms. The van der Waals surface area contributed by atoms with Gasteiger partial charge in [-0.05, 0) is 30.9 Å².